The van der Waals surface area contributed by atoms with Gasteiger partial charge in [-0.2, -0.15) is 5.26 Å². The van der Waals surface area contributed by atoms with E-state index in [0.29, 0.717) is 29.9 Å². The number of nitriles is 1. The van der Waals surface area contributed by atoms with Crippen LogP contribution in [0.3, 0.4) is 0 Å². The third-order valence-electron chi connectivity index (χ3n) is 4.83. The van der Waals surface area contributed by atoms with Gasteiger partial charge in [-0.3, -0.25) is 14.8 Å². The van der Waals surface area contributed by atoms with Gasteiger partial charge in [-0.05, 0) is 55.7 Å². The first-order chi connectivity index (χ1) is 13.5. The van der Waals surface area contributed by atoms with Gasteiger partial charge in [0.2, 0.25) is 5.91 Å². The average molecular weight is 380 g/mol. The second kappa shape index (κ2) is 8.11. The van der Waals surface area contributed by atoms with E-state index in [4.69, 9.17) is 19.9 Å². The minimum Gasteiger partial charge on any atom is -0.466 e. The van der Waals surface area contributed by atoms with Crippen molar-refractivity contribution in [1.82, 2.24) is 5.48 Å². The van der Waals surface area contributed by atoms with Gasteiger partial charge in [-0.25, -0.2) is 5.48 Å². The number of hydrogen-bond donors (Lipinski definition) is 2. The largest absolute Gasteiger partial charge is 0.466 e. The Hall–Kier alpha value is -3.37. The molecule has 0 unspecified atom stereocenters. The summed E-state index contributed by atoms with van der Waals surface area (Å²) in [5, 5.41) is 17.8. The smallest absolute Gasteiger partial charge is 0.313 e. The fourth-order valence-electron chi connectivity index (χ4n) is 3.30. The van der Waals surface area contributed by atoms with Gasteiger partial charge in [0, 0.05) is 0 Å². The lowest BCUT2D eigenvalue weighted by Crippen LogP contribution is -2.30. The molecule has 2 N–H and O–H groups in total. The van der Waals surface area contributed by atoms with E-state index in [2.05, 4.69) is 6.07 Å². The Kier molecular flexibility index (Phi) is 5.62. The molecule has 2 aromatic carbocycles. The Morgan fingerprint density at radius 1 is 1.25 bits per heavy atom. The summed E-state index contributed by atoms with van der Waals surface area (Å²) >= 11 is 0. The molecule has 0 heterocycles. The van der Waals surface area contributed by atoms with Crippen molar-refractivity contribution in [3.63, 3.8) is 0 Å². The van der Waals surface area contributed by atoms with E-state index < -0.39 is 23.2 Å². The van der Waals surface area contributed by atoms with Gasteiger partial charge in [0.15, 0.2) is 0 Å². The highest BCUT2D eigenvalue weighted by Crippen LogP contribution is 2.56. The minimum absolute atomic E-state index is 0.225. The van der Waals surface area contributed by atoms with Crippen LogP contribution in [-0.4, -0.2) is 23.7 Å². The Bertz CT molecular complexity index is 919. The van der Waals surface area contributed by atoms with Gasteiger partial charge < -0.3 is 9.47 Å². The van der Waals surface area contributed by atoms with Crippen molar-refractivity contribution in [2.45, 2.75) is 19.8 Å². The maximum Gasteiger partial charge on any atom is 0.313 e. The highest BCUT2D eigenvalue weighted by Gasteiger charge is 2.64. The summed E-state index contributed by atoms with van der Waals surface area (Å²) in [4.78, 5) is 24.2. The van der Waals surface area contributed by atoms with Gasteiger partial charge in [0.1, 0.15) is 11.5 Å². The van der Waals surface area contributed by atoms with Crippen LogP contribution in [-0.2, 0) is 20.7 Å². The Morgan fingerprint density at radius 3 is 2.64 bits per heavy atom. The average Bonchev–Trinajstić information content (AvgIpc) is 3.44. The number of carbonyl (C=O) groups excluding carboxylic acids is 2. The number of amides is 1. The second-order valence-corrected chi connectivity index (χ2v) is 6.67. The summed E-state index contributed by atoms with van der Waals surface area (Å²) < 4.78 is 10.9. The van der Waals surface area contributed by atoms with Crippen molar-refractivity contribution >= 4 is 11.9 Å². The molecule has 1 aliphatic rings. The first-order valence-corrected chi connectivity index (χ1v) is 8.90. The molecular weight excluding hydrogens is 360 g/mol. The zero-order valence-electron chi connectivity index (χ0n) is 15.3. The van der Waals surface area contributed by atoms with Crippen LogP contribution in [0.2, 0.25) is 0 Å². The number of carbonyl (C=O) groups is 2. The lowest BCUT2D eigenvalue weighted by molar-refractivity contribution is -0.152. The van der Waals surface area contributed by atoms with E-state index >= 15 is 0 Å². The first-order valence-electron chi connectivity index (χ1n) is 8.90. The molecule has 2 atom stereocenters. The molecule has 28 heavy (non-hydrogen) atoms. The van der Waals surface area contributed by atoms with Crippen molar-refractivity contribution in [1.29, 1.82) is 5.26 Å². The molecule has 1 saturated carbocycles. The van der Waals surface area contributed by atoms with E-state index in [9.17, 15) is 9.59 Å². The van der Waals surface area contributed by atoms with E-state index in [-0.39, 0.29) is 6.61 Å². The summed E-state index contributed by atoms with van der Waals surface area (Å²) in [7, 11) is 0. The number of benzene rings is 2. The fraction of sp³-hybridized carbons (Fsp3) is 0.286. The first kappa shape index (κ1) is 19.4. The van der Waals surface area contributed by atoms with Gasteiger partial charge in [0.25, 0.3) is 0 Å². The van der Waals surface area contributed by atoms with Crippen LogP contribution < -0.4 is 10.2 Å². The van der Waals surface area contributed by atoms with E-state index in [1.807, 2.05) is 12.1 Å². The number of nitrogens with one attached hydrogen (secondary N) is 1. The molecule has 1 amide bonds. The molecule has 0 saturated heterocycles. The number of hydroxylamine groups is 1. The molecule has 144 valence electrons. The summed E-state index contributed by atoms with van der Waals surface area (Å²) in [5.74, 6) is -0.482. The Morgan fingerprint density at radius 2 is 2.00 bits per heavy atom. The van der Waals surface area contributed by atoms with Crippen LogP contribution in [0, 0.1) is 22.7 Å². The topological polar surface area (TPSA) is 109 Å². The highest BCUT2D eigenvalue weighted by atomic mass is 16.5. The van der Waals surface area contributed by atoms with Crippen molar-refractivity contribution in [3.05, 3.63) is 59.7 Å². The SMILES string of the molecule is CCOC(=O)[C@@]1(Cc2ccc(Oc3cccc(C#N)c3)cc2)C[C@@H]1C(=O)NO. The summed E-state index contributed by atoms with van der Waals surface area (Å²) in [6.07, 6.45) is 0.658. The quantitative estimate of drug-likeness (QED) is 0.434. The normalized spacial score (nSPS) is 20.0. The van der Waals surface area contributed by atoms with Crippen LogP contribution in [0.5, 0.6) is 11.5 Å². The molecule has 0 radical (unpaired) electrons. The number of rotatable bonds is 7. The number of nitrogens with zero attached hydrogens (tertiary/aromatic N) is 1. The van der Waals surface area contributed by atoms with Crippen molar-refractivity contribution in [2.24, 2.45) is 11.3 Å². The van der Waals surface area contributed by atoms with Crippen LogP contribution in [0.4, 0.5) is 0 Å². The van der Waals surface area contributed by atoms with Crippen LogP contribution in [0.25, 0.3) is 0 Å². The summed E-state index contributed by atoms with van der Waals surface area (Å²) in [6, 6.07) is 16.0. The third-order valence-corrected chi connectivity index (χ3v) is 4.83. The highest BCUT2D eigenvalue weighted by molar-refractivity contribution is 5.93. The zero-order valence-corrected chi connectivity index (χ0v) is 15.3. The van der Waals surface area contributed by atoms with Gasteiger partial charge in [-0.1, -0.05) is 18.2 Å². The standard InChI is InChI=1S/C21H20N2O5/c1-2-27-20(25)21(12-18(21)19(24)23-26)11-14-6-8-16(9-7-14)28-17-5-3-4-15(10-17)13-22/h3-10,18,26H,2,11-12H2,1H3,(H,23,24)/t18-,21+/m1/s1. The number of hydrogen-bond acceptors (Lipinski definition) is 6. The molecule has 1 fully saturated rings. The molecule has 0 spiro atoms. The summed E-state index contributed by atoms with van der Waals surface area (Å²) in [5.41, 5.74) is 2.02. The molecular formula is C21H20N2O5. The van der Waals surface area contributed by atoms with E-state index in [1.165, 1.54) is 0 Å². The molecule has 2 aromatic rings. The van der Waals surface area contributed by atoms with Gasteiger partial charge in [-0.15, -0.1) is 0 Å². The van der Waals surface area contributed by atoms with Gasteiger partial charge in [0.05, 0.1) is 29.6 Å². The fourth-order valence-corrected chi connectivity index (χ4v) is 3.30. The molecule has 7 heteroatoms. The molecule has 1 aliphatic carbocycles. The van der Waals surface area contributed by atoms with E-state index in [0.717, 1.165) is 5.56 Å². The van der Waals surface area contributed by atoms with Crippen LogP contribution in [0.15, 0.2) is 48.5 Å². The molecule has 7 nitrogen and oxygen atoms in total. The molecule has 0 aliphatic heterocycles. The van der Waals surface area contributed by atoms with Crippen molar-refractivity contribution in [2.75, 3.05) is 6.61 Å². The third kappa shape index (κ3) is 3.97. The zero-order chi connectivity index (χ0) is 20.1. The predicted molar refractivity (Wildman–Crippen MR) is 98.5 cm³/mol. The van der Waals surface area contributed by atoms with E-state index in [1.54, 1.807) is 48.8 Å². The number of ether oxygens (including phenoxy) is 2. The molecule has 0 aromatic heterocycles. The Labute approximate surface area is 162 Å². The maximum atomic E-state index is 12.4. The predicted octanol–water partition coefficient (Wildman–Crippen LogP) is 2.97. The molecule has 0 bridgehead atoms. The van der Waals surface area contributed by atoms with Crippen LogP contribution >= 0.6 is 0 Å². The molecule has 3 rings (SSSR count). The van der Waals surface area contributed by atoms with Crippen molar-refractivity contribution in [3.8, 4) is 17.6 Å². The lowest BCUT2D eigenvalue weighted by atomic mass is 9.93. The second-order valence-electron chi connectivity index (χ2n) is 6.67. The number of esters is 1. The summed E-state index contributed by atoms with van der Waals surface area (Å²) in [6.45, 7) is 1.94. The maximum absolute atomic E-state index is 12.4. The van der Waals surface area contributed by atoms with Crippen molar-refractivity contribution < 1.29 is 24.3 Å². The Balaban J connectivity index is 1.72. The minimum atomic E-state index is -0.952. The monoisotopic (exact) mass is 380 g/mol. The lowest BCUT2D eigenvalue weighted by Gasteiger charge is -2.16. The van der Waals surface area contributed by atoms with Crippen LogP contribution in [0.1, 0.15) is 24.5 Å². The van der Waals surface area contributed by atoms with Gasteiger partial charge >= 0.3 is 5.97 Å².